The molecule has 0 radical (unpaired) electrons. The third kappa shape index (κ3) is 10.2. The van der Waals surface area contributed by atoms with Gasteiger partial charge in [0.1, 0.15) is 11.4 Å². The largest absolute Gasteiger partial charge is 0.465 e. The maximum absolute atomic E-state index is 13.8. The van der Waals surface area contributed by atoms with Crippen LogP contribution in [0.1, 0.15) is 74.4 Å². The summed E-state index contributed by atoms with van der Waals surface area (Å²) in [7, 11) is 1.35. The predicted molar refractivity (Wildman–Crippen MR) is 191 cm³/mol. The highest BCUT2D eigenvalue weighted by Gasteiger charge is 2.31. The molecule has 3 aromatic carbocycles. The molecule has 2 amide bonds. The van der Waals surface area contributed by atoms with Crippen molar-refractivity contribution in [3.05, 3.63) is 89.5 Å². The number of benzene rings is 3. The number of amidine groups is 1. The van der Waals surface area contributed by atoms with Crippen molar-refractivity contribution >= 4 is 35.3 Å². The molecular weight excluding hydrogens is 634 g/mol. The molecule has 5 rings (SSSR count). The monoisotopic (exact) mass is 679 g/mol. The number of nitrogens with one attached hydrogen (secondary N) is 2. The van der Waals surface area contributed by atoms with Crippen LogP contribution in [0.15, 0.2) is 88.0 Å². The Labute approximate surface area is 293 Å². The molecule has 50 heavy (non-hydrogen) atoms. The summed E-state index contributed by atoms with van der Waals surface area (Å²) in [4.78, 5) is 55.6. The van der Waals surface area contributed by atoms with E-state index in [1.807, 2.05) is 69.3 Å². The van der Waals surface area contributed by atoms with Crippen LogP contribution in [0.5, 0.6) is 0 Å². The second-order valence-electron chi connectivity index (χ2n) is 13.9. The molecule has 2 aliphatic rings. The number of carbonyl (C=O) groups is 4. The minimum Gasteiger partial charge on any atom is -0.465 e. The van der Waals surface area contributed by atoms with E-state index in [0.717, 1.165) is 47.9 Å². The quantitative estimate of drug-likeness (QED) is 0.191. The van der Waals surface area contributed by atoms with Crippen molar-refractivity contribution < 1.29 is 28.7 Å². The van der Waals surface area contributed by atoms with Crippen LogP contribution in [0.3, 0.4) is 0 Å². The minimum absolute atomic E-state index is 0.0889. The average molecular weight is 680 g/mol. The Kier molecular flexibility index (Phi) is 11.9. The fourth-order valence-electron chi connectivity index (χ4n) is 6.26. The van der Waals surface area contributed by atoms with Gasteiger partial charge in [-0.15, -0.1) is 5.11 Å². The number of ketones is 1. The lowest BCUT2D eigenvalue weighted by Crippen LogP contribution is -2.37. The number of amides is 2. The molecule has 0 bridgehead atoms. The summed E-state index contributed by atoms with van der Waals surface area (Å²) < 4.78 is 10.1. The van der Waals surface area contributed by atoms with Crippen LogP contribution in [0.25, 0.3) is 11.1 Å². The summed E-state index contributed by atoms with van der Waals surface area (Å²) in [5.41, 5.74) is 4.20. The van der Waals surface area contributed by atoms with Crippen LogP contribution in [0.2, 0.25) is 0 Å². The highest BCUT2D eigenvalue weighted by Crippen LogP contribution is 2.32. The van der Waals surface area contributed by atoms with E-state index in [9.17, 15) is 19.2 Å². The summed E-state index contributed by atoms with van der Waals surface area (Å²) in [5, 5.41) is 13.8. The number of aliphatic imine (C=N–C) groups is 1. The van der Waals surface area contributed by atoms with E-state index in [1.54, 1.807) is 24.3 Å². The number of hydrogen-bond acceptors (Lipinski definition) is 9. The number of anilines is 1. The Morgan fingerprint density at radius 1 is 0.840 bits per heavy atom. The van der Waals surface area contributed by atoms with Crippen LogP contribution in [-0.2, 0) is 25.5 Å². The fraction of sp³-hybridized carbons (Fsp3) is 0.410. The van der Waals surface area contributed by atoms with Crippen molar-refractivity contribution in [1.82, 2.24) is 5.32 Å². The summed E-state index contributed by atoms with van der Waals surface area (Å²) >= 11 is 0. The molecule has 3 aromatic rings. The van der Waals surface area contributed by atoms with Gasteiger partial charge in [-0.25, -0.2) is 14.6 Å². The predicted octanol–water partition coefficient (Wildman–Crippen LogP) is 7.40. The zero-order chi connectivity index (χ0) is 35.7. The van der Waals surface area contributed by atoms with Gasteiger partial charge in [0.2, 0.25) is 5.91 Å². The van der Waals surface area contributed by atoms with Crippen LogP contribution in [0, 0.1) is 17.8 Å². The van der Waals surface area contributed by atoms with Crippen molar-refractivity contribution in [1.29, 1.82) is 0 Å². The number of hydrogen-bond donors (Lipinski definition) is 2. The topological polar surface area (TPSA) is 148 Å². The Hall–Kier alpha value is -5.19. The SMILES string of the molecule is COC(=O)c1ccc(-c2ccc(C[C@H](CC(=O)C3CCC(CNC(=O)OC(C)(C)C)CC3)C(=O)Nc3ccc(C4=NCN=N4)cc3)cc2)cc1. The average Bonchev–Trinajstić information content (AvgIpc) is 3.66. The van der Waals surface area contributed by atoms with Crippen LogP contribution in [0.4, 0.5) is 10.5 Å². The Morgan fingerprint density at radius 2 is 1.46 bits per heavy atom. The zero-order valence-electron chi connectivity index (χ0n) is 29.1. The fourth-order valence-corrected chi connectivity index (χ4v) is 6.26. The maximum Gasteiger partial charge on any atom is 0.407 e. The first-order valence-electron chi connectivity index (χ1n) is 17.1. The lowest BCUT2D eigenvalue weighted by Gasteiger charge is -2.29. The third-order valence-electron chi connectivity index (χ3n) is 8.99. The van der Waals surface area contributed by atoms with Gasteiger partial charge in [-0.3, -0.25) is 9.59 Å². The molecule has 0 spiro atoms. The summed E-state index contributed by atoms with van der Waals surface area (Å²) in [5.74, 6) is -0.386. The number of esters is 1. The number of carbonyl (C=O) groups excluding carboxylic acids is 4. The van der Waals surface area contributed by atoms with Gasteiger partial charge in [0.25, 0.3) is 0 Å². The second kappa shape index (κ2) is 16.5. The van der Waals surface area contributed by atoms with E-state index in [-0.39, 0.29) is 35.9 Å². The standard InChI is InChI=1S/C39H45N5O6/c1-39(2,3)50-38(48)40-23-26-7-11-29(12-8-26)34(45)22-32(36(46)43-33-19-17-30(18-20-33)35-41-24-42-44-35)21-25-5-9-27(10-6-25)28-13-15-31(16-14-28)37(47)49-4/h5-6,9-10,13-20,26,29,32H,7-8,11-12,21-24H2,1-4H3,(H,40,48)(H,43,46)/t26?,29?,32-/m1/s1. The Bertz CT molecular complexity index is 1720. The van der Waals surface area contributed by atoms with Gasteiger partial charge in [-0.2, -0.15) is 5.11 Å². The molecule has 262 valence electrons. The van der Waals surface area contributed by atoms with Gasteiger partial charge in [-0.05, 0) is 112 Å². The van der Waals surface area contributed by atoms with Gasteiger partial charge in [0.05, 0.1) is 12.7 Å². The van der Waals surface area contributed by atoms with Crippen molar-refractivity contribution in [3.63, 3.8) is 0 Å². The highest BCUT2D eigenvalue weighted by molar-refractivity contribution is 6.01. The first-order chi connectivity index (χ1) is 24.0. The van der Waals surface area contributed by atoms with Gasteiger partial charge in [0, 0.05) is 36.1 Å². The van der Waals surface area contributed by atoms with Gasteiger partial charge in [-0.1, -0.05) is 36.4 Å². The summed E-state index contributed by atoms with van der Waals surface area (Å²) in [6.45, 7) is 6.32. The van der Waals surface area contributed by atoms with Crippen LogP contribution < -0.4 is 10.6 Å². The highest BCUT2D eigenvalue weighted by atomic mass is 16.6. The normalized spacial score (nSPS) is 17.7. The van der Waals surface area contributed by atoms with Crippen molar-refractivity contribution in [2.45, 2.75) is 64.9 Å². The smallest absolute Gasteiger partial charge is 0.407 e. The van der Waals surface area contributed by atoms with E-state index in [1.165, 1.54) is 7.11 Å². The van der Waals surface area contributed by atoms with Crippen molar-refractivity contribution in [2.24, 2.45) is 33.0 Å². The van der Waals surface area contributed by atoms with Gasteiger partial charge < -0.3 is 20.1 Å². The van der Waals surface area contributed by atoms with Crippen LogP contribution >= 0.6 is 0 Å². The third-order valence-corrected chi connectivity index (χ3v) is 8.99. The molecule has 1 aliphatic carbocycles. The first kappa shape index (κ1) is 36.1. The number of methoxy groups -OCH3 is 1. The lowest BCUT2D eigenvalue weighted by atomic mass is 9.77. The molecule has 1 aliphatic heterocycles. The molecule has 1 fully saturated rings. The molecule has 11 nitrogen and oxygen atoms in total. The lowest BCUT2D eigenvalue weighted by molar-refractivity contribution is -0.129. The van der Waals surface area contributed by atoms with Gasteiger partial charge >= 0.3 is 12.1 Å². The zero-order valence-corrected chi connectivity index (χ0v) is 29.1. The number of alkyl carbamates (subject to hydrolysis) is 1. The van der Waals surface area contributed by atoms with Crippen LogP contribution in [-0.4, -0.2) is 55.5 Å². The van der Waals surface area contributed by atoms with E-state index < -0.39 is 17.6 Å². The Balaban J connectivity index is 1.23. The molecule has 0 saturated heterocycles. The van der Waals surface area contributed by atoms with E-state index in [2.05, 4.69) is 25.9 Å². The summed E-state index contributed by atoms with van der Waals surface area (Å²) in [6, 6.07) is 22.4. The molecule has 1 heterocycles. The molecule has 11 heteroatoms. The molecule has 1 atom stereocenters. The molecule has 1 saturated carbocycles. The van der Waals surface area contributed by atoms with E-state index in [0.29, 0.717) is 36.7 Å². The van der Waals surface area contributed by atoms with Crippen molar-refractivity contribution in [3.8, 4) is 11.1 Å². The number of azo groups is 1. The maximum atomic E-state index is 13.8. The molecule has 0 aromatic heterocycles. The number of Topliss-reactive ketones (excluding diaryl/α,β-unsaturated/α-hetero) is 1. The minimum atomic E-state index is -0.577. The second-order valence-corrected chi connectivity index (χ2v) is 13.9. The number of rotatable bonds is 12. The molecule has 0 unspecified atom stereocenters. The molecular formula is C39H45N5O6. The Morgan fingerprint density at radius 3 is 2.04 bits per heavy atom. The number of nitrogens with zero attached hydrogens (tertiary/aromatic N) is 3. The molecule has 2 N–H and O–H groups in total. The van der Waals surface area contributed by atoms with E-state index in [4.69, 9.17) is 9.47 Å². The summed E-state index contributed by atoms with van der Waals surface area (Å²) in [6.07, 6.45) is 3.18. The first-order valence-corrected chi connectivity index (χ1v) is 17.1. The van der Waals surface area contributed by atoms with E-state index >= 15 is 0 Å². The van der Waals surface area contributed by atoms with Gasteiger partial charge in [0.15, 0.2) is 12.5 Å². The number of ether oxygens (including phenoxy) is 2. The van der Waals surface area contributed by atoms with Crippen molar-refractivity contribution in [2.75, 3.05) is 25.6 Å².